The van der Waals surface area contributed by atoms with Crippen molar-refractivity contribution in [1.29, 1.82) is 0 Å². The van der Waals surface area contributed by atoms with Crippen molar-refractivity contribution < 1.29 is 4.79 Å². The summed E-state index contributed by atoms with van der Waals surface area (Å²) >= 11 is 6.28. The molecule has 0 radical (unpaired) electrons. The summed E-state index contributed by atoms with van der Waals surface area (Å²) in [5, 5.41) is 4.53. The van der Waals surface area contributed by atoms with Gasteiger partial charge in [0.25, 0.3) is 0 Å². The number of benzene rings is 1. The number of nitrogens with one attached hydrogen (secondary N) is 1. The first kappa shape index (κ1) is 16.7. The Balaban J connectivity index is 1.81. The van der Waals surface area contributed by atoms with E-state index in [1.807, 2.05) is 11.0 Å². The minimum absolute atomic E-state index is 0.188. The molecule has 2 aliphatic heterocycles. The van der Waals surface area contributed by atoms with Crippen LogP contribution in [0, 0.1) is 0 Å². The Morgan fingerprint density at radius 2 is 1.88 bits per heavy atom. The number of carbonyl (C=O) groups excluding carboxylic acids is 1. The number of likely N-dealkylation sites (tertiary alicyclic amines) is 1. The van der Waals surface area contributed by atoms with Crippen molar-refractivity contribution in [1.82, 2.24) is 10.2 Å². The lowest BCUT2D eigenvalue weighted by Gasteiger charge is -2.31. The molecule has 0 unspecified atom stereocenters. The smallest absolute Gasteiger partial charge is 0.219 e. The molecule has 1 aromatic carbocycles. The maximum Gasteiger partial charge on any atom is 0.219 e. The van der Waals surface area contributed by atoms with Crippen LogP contribution >= 0.6 is 11.6 Å². The fourth-order valence-electron chi connectivity index (χ4n) is 4.42. The molecular weight excluding hydrogens is 332 g/mol. The Labute approximate surface area is 154 Å². The normalized spacial score (nSPS) is 20.6. The minimum atomic E-state index is 0.188. The largest absolute Gasteiger partial charge is 0.385 e. The lowest BCUT2D eigenvalue weighted by atomic mass is 9.87. The van der Waals surface area contributed by atoms with Crippen LogP contribution in [0.25, 0.3) is 5.57 Å². The van der Waals surface area contributed by atoms with Crippen molar-refractivity contribution in [3.63, 3.8) is 0 Å². The van der Waals surface area contributed by atoms with E-state index in [-0.39, 0.29) is 5.91 Å². The van der Waals surface area contributed by atoms with Crippen molar-refractivity contribution >= 4 is 23.1 Å². The molecule has 0 bridgehead atoms. The van der Waals surface area contributed by atoms with Gasteiger partial charge in [0.05, 0.1) is 0 Å². The molecular formula is C21H25ClN2O. The first-order chi connectivity index (χ1) is 12.1. The average molecular weight is 357 g/mol. The summed E-state index contributed by atoms with van der Waals surface area (Å²) in [6, 6.07) is 6.35. The highest BCUT2D eigenvalue weighted by molar-refractivity contribution is 6.30. The number of hydrogen-bond acceptors (Lipinski definition) is 2. The van der Waals surface area contributed by atoms with Crippen molar-refractivity contribution in [3.8, 4) is 0 Å². The van der Waals surface area contributed by atoms with E-state index in [1.54, 1.807) is 12.5 Å². The molecule has 1 saturated heterocycles. The third-order valence-electron chi connectivity index (χ3n) is 5.76. The van der Waals surface area contributed by atoms with Crippen LogP contribution in [0.5, 0.6) is 0 Å². The number of rotatable bonds is 0. The molecule has 132 valence electrons. The first-order valence-electron chi connectivity index (χ1n) is 9.36. The molecule has 0 saturated carbocycles. The summed E-state index contributed by atoms with van der Waals surface area (Å²) < 4.78 is 0. The van der Waals surface area contributed by atoms with Gasteiger partial charge in [-0.3, -0.25) is 4.79 Å². The molecule has 1 N–H and O–H groups in total. The highest BCUT2D eigenvalue weighted by Crippen LogP contribution is 2.40. The molecule has 2 heterocycles. The van der Waals surface area contributed by atoms with E-state index in [4.69, 9.17) is 11.6 Å². The Kier molecular flexibility index (Phi) is 4.60. The van der Waals surface area contributed by atoms with Gasteiger partial charge < -0.3 is 10.2 Å². The highest BCUT2D eigenvalue weighted by atomic mass is 35.5. The Morgan fingerprint density at radius 3 is 2.64 bits per heavy atom. The summed E-state index contributed by atoms with van der Waals surface area (Å²) in [5.74, 6) is 0.188. The lowest BCUT2D eigenvalue weighted by molar-refractivity contribution is -0.129. The van der Waals surface area contributed by atoms with E-state index in [2.05, 4.69) is 17.4 Å². The fourth-order valence-corrected chi connectivity index (χ4v) is 4.62. The predicted octanol–water partition coefficient (Wildman–Crippen LogP) is 4.32. The van der Waals surface area contributed by atoms with Crippen LogP contribution in [0.2, 0.25) is 5.02 Å². The van der Waals surface area contributed by atoms with Gasteiger partial charge in [0.2, 0.25) is 5.91 Å². The second kappa shape index (κ2) is 6.87. The third kappa shape index (κ3) is 3.22. The number of fused-ring (bicyclic) bond motifs is 1. The fraction of sp³-hybridized carbons (Fsp3) is 0.476. The van der Waals surface area contributed by atoms with Gasteiger partial charge >= 0.3 is 0 Å². The first-order valence-corrected chi connectivity index (χ1v) is 9.74. The molecule has 0 aromatic heterocycles. The molecule has 4 heteroatoms. The standard InChI is InChI=1S/C21H25ClN2O/c1-14(25)24-11-8-15(9-12-24)20-19-7-6-18(22)13-17(19)5-4-16-3-2-10-23-21(16)20/h6-7,13,23H,2-5,8-12H2,1H3. The van der Waals surface area contributed by atoms with Gasteiger partial charge in [0.15, 0.2) is 0 Å². The summed E-state index contributed by atoms with van der Waals surface area (Å²) in [6.45, 7) is 4.39. The second-order valence-electron chi connectivity index (χ2n) is 7.29. The SMILES string of the molecule is CC(=O)N1CCC(=C2C3=C(CCCN3)CCc3cc(Cl)ccc32)CC1. The molecule has 1 fully saturated rings. The van der Waals surface area contributed by atoms with E-state index >= 15 is 0 Å². The number of allylic oxidation sites excluding steroid dienone is 2. The van der Waals surface area contributed by atoms with Crippen LogP contribution in [0.15, 0.2) is 35.0 Å². The van der Waals surface area contributed by atoms with E-state index in [0.717, 1.165) is 50.3 Å². The van der Waals surface area contributed by atoms with Crippen LogP contribution in [-0.4, -0.2) is 30.4 Å². The van der Waals surface area contributed by atoms with E-state index in [1.165, 1.54) is 40.8 Å². The van der Waals surface area contributed by atoms with E-state index in [0.29, 0.717) is 0 Å². The number of halogens is 1. The minimum Gasteiger partial charge on any atom is -0.385 e. The summed E-state index contributed by atoms with van der Waals surface area (Å²) in [7, 11) is 0. The van der Waals surface area contributed by atoms with Crippen LogP contribution in [-0.2, 0) is 11.2 Å². The van der Waals surface area contributed by atoms with Gasteiger partial charge in [-0.2, -0.15) is 0 Å². The molecule has 4 rings (SSSR count). The van der Waals surface area contributed by atoms with Crippen LogP contribution < -0.4 is 5.32 Å². The maximum atomic E-state index is 11.7. The molecule has 3 aliphatic rings. The monoisotopic (exact) mass is 356 g/mol. The number of nitrogens with zero attached hydrogens (tertiary/aromatic N) is 1. The van der Waals surface area contributed by atoms with Gasteiger partial charge in [-0.1, -0.05) is 23.2 Å². The number of aryl methyl sites for hydroxylation is 1. The Bertz CT molecular complexity index is 768. The Hall–Kier alpha value is -1.74. The highest BCUT2D eigenvalue weighted by Gasteiger charge is 2.27. The number of carbonyl (C=O) groups is 1. The molecule has 3 nitrogen and oxygen atoms in total. The number of amides is 1. The molecule has 1 aliphatic carbocycles. The van der Waals surface area contributed by atoms with Crippen molar-refractivity contribution in [2.24, 2.45) is 0 Å². The molecule has 0 atom stereocenters. The third-order valence-corrected chi connectivity index (χ3v) is 5.99. The summed E-state index contributed by atoms with van der Waals surface area (Å²) in [5.41, 5.74) is 8.54. The zero-order valence-corrected chi connectivity index (χ0v) is 15.6. The zero-order valence-electron chi connectivity index (χ0n) is 14.8. The van der Waals surface area contributed by atoms with Crippen LogP contribution in [0.4, 0.5) is 0 Å². The number of hydrogen-bond donors (Lipinski definition) is 1. The molecule has 0 spiro atoms. The quantitative estimate of drug-likeness (QED) is 0.750. The lowest BCUT2D eigenvalue weighted by Crippen LogP contribution is -2.35. The van der Waals surface area contributed by atoms with Gasteiger partial charge in [-0.05, 0) is 67.4 Å². The summed E-state index contributed by atoms with van der Waals surface area (Å²) in [6.07, 6.45) is 6.53. The van der Waals surface area contributed by atoms with Crippen molar-refractivity contribution in [2.45, 2.75) is 45.4 Å². The van der Waals surface area contributed by atoms with Gasteiger partial charge in [0, 0.05) is 42.9 Å². The van der Waals surface area contributed by atoms with Crippen LogP contribution in [0.1, 0.15) is 50.2 Å². The molecule has 1 aromatic rings. The van der Waals surface area contributed by atoms with Gasteiger partial charge in [0.1, 0.15) is 0 Å². The number of piperidine rings is 1. The van der Waals surface area contributed by atoms with Gasteiger partial charge in [-0.25, -0.2) is 0 Å². The maximum absolute atomic E-state index is 11.7. The van der Waals surface area contributed by atoms with E-state index < -0.39 is 0 Å². The zero-order chi connectivity index (χ0) is 17.4. The van der Waals surface area contributed by atoms with Crippen molar-refractivity contribution in [3.05, 3.63) is 51.2 Å². The summed E-state index contributed by atoms with van der Waals surface area (Å²) in [4.78, 5) is 13.6. The van der Waals surface area contributed by atoms with E-state index in [9.17, 15) is 4.79 Å². The van der Waals surface area contributed by atoms with Crippen LogP contribution in [0.3, 0.4) is 0 Å². The predicted molar refractivity (Wildman–Crippen MR) is 102 cm³/mol. The Morgan fingerprint density at radius 1 is 1.08 bits per heavy atom. The molecule has 1 amide bonds. The molecule has 25 heavy (non-hydrogen) atoms. The second-order valence-corrected chi connectivity index (χ2v) is 7.73. The topological polar surface area (TPSA) is 32.3 Å². The average Bonchev–Trinajstić information content (AvgIpc) is 2.78. The van der Waals surface area contributed by atoms with Crippen molar-refractivity contribution in [2.75, 3.05) is 19.6 Å². The van der Waals surface area contributed by atoms with Gasteiger partial charge in [-0.15, -0.1) is 0 Å².